The lowest BCUT2D eigenvalue weighted by Gasteiger charge is -2.17. The van der Waals surface area contributed by atoms with E-state index in [2.05, 4.69) is 11.8 Å². The average Bonchev–Trinajstić information content (AvgIpc) is 2.55. The normalized spacial score (nSPS) is 11.6. The van der Waals surface area contributed by atoms with Gasteiger partial charge in [-0.25, -0.2) is 4.39 Å². The van der Waals surface area contributed by atoms with E-state index in [0.717, 1.165) is 0 Å². The Balaban J connectivity index is 2.34. The molecule has 0 aliphatic carbocycles. The van der Waals surface area contributed by atoms with E-state index in [4.69, 9.17) is 5.73 Å². The summed E-state index contributed by atoms with van der Waals surface area (Å²) in [4.78, 5) is 0. The van der Waals surface area contributed by atoms with E-state index in [-0.39, 0.29) is 35.5 Å². The van der Waals surface area contributed by atoms with Crippen molar-refractivity contribution in [2.24, 2.45) is 10.8 Å². The largest absolute Gasteiger partial charge is 0.508 e. The van der Waals surface area contributed by atoms with E-state index in [1.807, 2.05) is 13.8 Å². The van der Waals surface area contributed by atoms with Crippen molar-refractivity contribution in [3.05, 3.63) is 65.1 Å². The minimum absolute atomic E-state index is 0.00843. The number of nitrogens with zero attached hydrogens (tertiary/aromatic N) is 2. The van der Waals surface area contributed by atoms with Gasteiger partial charge in [0.2, 0.25) is 0 Å². The molecule has 0 aliphatic heterocycles. The molecule has 6 heteroatoms. The molecule has 0 aliphatic rings. The maximum atomic E-state index is 13.8. The quantitative estimate of drug-likeness (QED) is 0.551. The summed E-state index contributed by atoms with van der Waals surface area (Å²) in [5.41, 5.74) is 7.77. The Morgan fingerprint density at radius 2 is 1.96 bits per heavy atom. The molecule has 0 saturated carbocycles. The summed E-state index contributed by atoms with van der Waals surface area (Å²) in [6, 6.07) is 9.24. The Labute approximate surface area is 146 Å². The molecule has 0 unspecified atom stereocenters. The van der Waals surface area contributed by atoms with Gasteiger partial charge in [0.15, 0.2) is 0 Å². The molecule has 4 N–H and O–H groups in total. The molecular weight excluding hydrogens is 321 g/mol. The zero-order valence-electron chi connectivity index (χ0n) is 14.3. The third kappa shape index (κ3) is 4.29. The number of hydrogen-bond donors (Lipinski definition) is 3. The van der Waals surface area contributed by atoms with Gasteiger partial charge >= 0.3 is 0 Å². The van der Waals surface area contributed by atoms with Crippen LogP contribution < -0.4 is 5.73 Å². The monoisotopic (exact) mass is 343 g/mol. The van der Waals surface area contributed by atoms with Gasteiger partial charge in [0.05, 0.1) is 12.2 Å². The second-order valence-corrected chi connectivity index (χ2v) is 6.00. The zero-order valence-corrected chi connectivity index (χ0v) is 14.3. The highest BCUT2D eigenvalue weighted by molar-refractivity contribution is 5.70. The van der Waals surface area contributed by atoms with Crippen molar-refractivity contribution in [3.63, 3.8) is 0 Å². The molecule has 0 fully saturated rings. The molecule has 5 nitrogen and oxygen atoms in total. The Kier molecular flexibility index (Phi) is 5.64. The number of phenolic OH excluding ortho intramolecular Hbond substituents is 2. The summed E-state index contributed by atoms with van der Waals surface area (Å²) in [7, 11) is 0. The van der Waals surface area contributed by atoms with Crippen molar-refractivity contribution in [1.82, 2.24) is 5.01 Å². The molecule has 0 atom stereocenters. The summed E-state index contributed by atoms with van der Waals surface area (Å²) in [6.07, 6.45) is 1.47. The summed E-state index contributed by atoms with van der Waals surface area (Å²) in [5, 5.41) is 25.2. The first kappa shape index (κ1) is 18.3. The first-order valence-electron chi connectivity index (χ1n) is 7.83. The molecule has 0 radical (unpaired) electrons. The van der Waals surface area contributed by atoms with Crippen molar-refractivity contribution in [1.29, 1.82) is 0 Å². The maximum absolute atomic E-state index is 13.8. The second-order valence-electron chi connectivity index (χ2n) is 6.00. The van der Waals surface area contributed by atoms with Gasteiger partial charge < -0.3 is 15.9 Å². The lowest BCUT2D eigenvalue weighted by atomic mass is 9.98. The fraction of sp³-hybridized carbons (Fsp3) is 0.211. The van der Waals surface area contributed by atoms with Crippen LogP contribution in [0.1, 0.15) is 36.5 Å². The maximum Gasteiger partial charge on any atom is 0.128 e. The number of rotatable bonds is 6. The van der Waals surface area contributed by atoms with Gasteiger partial charge in [-0.2, -0.15) is 5.10 Å². The molecule has 0 saturated heterocycles. The minimum Gasteiger partial charge on any atom is -0.508 e. The number of hydrazone groups is 1. The number of phenols is 2. The van der Waals surface area contributed by atoms with Crippen LogP contribution in [0.3, 0.4) is 0 Å². The van der Waals surface area contributed by atoms with Crippen molar-refractivity contribution < 1.29 is 14.6 Å². The topological polar surface area (TPSA) is 82.1 Å². The highest BCUT2D eigenvalue weighted by Gasteiger charge is 2.14. The Hall–Kier alpha value is -3.02. The molecule has 0 heterocycles. The third-order valence-corrected chi connectivity index (χ3v) is 3.84. The molecule has 0 spiro atoms. The number of hydrogen-bond acceptors (Lipinski definition) is 5. The molecule has 2 rings (SSSR count). The van der Waals surface area contributed by atoms with Crippen LogP contribution >= 0.6 is 0 Å². The van der Waals surface area contributed by atoms with Gasteiger partial charge in [-0.05, 0) is 23.6 Å². The molecule has 0 aromatic heterocycles. The number of nitrogens with two attached hydrogens (primary N) is 1. The summed E-state index contributed by atoms with van der Waals surface area (Å²) in [6.45, 7) is 7.46. The predicted molar refractivity (Wildman–Crippen MR) is 97.5 cm³/mol. The van der Waals surface area contributed by atoms with Gasteiger partial charge in [-0.1, -0.05) is 32.0 Å². The van der Waals surface area contributed by atoms with E-state index in [9.17, 15) is 14.6 Å². The van der Waals surface area contributed by atoms with Gasteiger partial charge in [0.1, 0.15) is 17.3 Å². The summed E-state index contributed by atoms with van der Waals surface area (Å²) in [5.74, 6) is -0.434. The van der Waals surface area contributed by atoms with Crippen molar-refractivity contribution in [2.75, 3.05) is 0 Å². The standard InChI is InChI=1S/C19H22FN3O2/c1-12(2)14-8-15(19(25)9-18(14)24)17(21)11-23(22-3)10-13-6-4-5-7-16(13)20/h4-9,11-12,24-25H,3,10,21H2,1-2H3/b17-11-. The third-order valence-electron chi connectivity index (χ3n) is 3.84. The number of benzene rings is 2. The molecule has 132 valence electrons. The molecular formula is C19H22FN3O2. The van der Waals surface area contributed by atoms with Crippen LogP contribution in [0.5, 0.6) is 11.5 Å². The highest BCUT2D eigenvalue weighted by Crippen LogP contribution is 2.34. The van der Waals surface area contributed by atoms with Crippen LogP contribution in [-0.2, 0) is 6.54 Å². The van der Waals surface area contributed by atoms with Crippen molar-refractivity contribution >= 4 is 12.4 Å². The van der Waals surface area contributed by atoms with Crippen LogP contribution in [0.25, 0.3) is 5.70 Å². The van der Waals surface area contributed by atoms with E-state index in [0.29, 0.717) is 16.7 Å². The number of aromatic hydroxyl groups is 2. The van der Waals surface area contributed by atoms with Gasteiger partial charge in [-0.3, -0.25) is 5.01 Å². The minimum atomic E-state index is -0.349. The fourth-order valence-corrected chi connectivity index (χ4v) is 2.46. The first-order chi connectivity index (χ1) is 11.8. The summed E-state index contributed by atoms with van der Waals surface area (Å²) >= 11 is 0. The van der Waals surface area contributed by atoms with Crippen LogP contribution in [0, 0.1) is 5.82 Å². The molecule has 25 heavy (non-hydrogen) atoms. The van der Waals surface area contributed by atoms with Crippen molar-refractivity contribution in [3.8, 4) is 11.5 Å². The Morgan fingerprint density at radius 1 is 1.28 bits per heavy atom. The smallest absolute Gasteiger partial charge is 0.128 e. The lowest BCUT2D eigenvalue weighted by Crippen LogP contribution is -2.13. The molecule has 2 aromatic carbocycles. The van der Waals surface area contributed by atoms with E-state index in [1.165, 1.54) is 23.3 Å². The first-order valence-corrected chi connectivity index (χ1v) is 7.83. The fourth-order valence-electron chi connectivity index (χ4n) is 2.46. The zero-order chi connectivity index (χ0) is 18.6. The summed E-state index contributed by atoms with van der Waals surface area (Å²) < 4.78 is 13.8. The van der Waals surface area contributed by atoms with Crippen LogP contribution in [0.2, 0.25) is 0 Å². The van der Waals surface area contributed by atoms with Crippen LogP contribution in [0.4, 0.5) is 4.39 Å². The van der Waals surface area contributed by atoms with Crippen molar-refractivity contribution in [2.45, 2.75) is 26.3 Å². The lowest BCUT2D eigenvalue weighted by molar-refractivity contribution is 0.387. The molecule has 0 bridgehead atoms. The van der Waals surface area contributed by atoms with Gasteiger partial charge in [0, 0.05) is 30.1 Å². The van der Waals surface area contributed by atoms with E-state index in [1.54, 1.807) is 24.3 Å². The van der Waals surface area contributed by atoms with E-state index >= 15 is 0 Å². The molecule has 2 aromatic rings. The highest BCUT2D eigenvalue weighted by atomic mass is 19.1. The van der Waals surface area contributed by atoms with E-state index < -0.39 is 0 Å². The average molecular weight is 343 g/mol. The SMILES string of the molecule is C=NN(/C=C(\N)c1cc(C(C)C)c(O)cc1O)Cc1ccccc1F. The Morgan fingerprint density at radius 3 is 2.56 bits per heavy atom. The molecule has 0 amide bonds. The predicted octanol–water partition coefficient (Wildman–Crippen LogP) is 3.74. The number of halogens is 1. The van der Waals surface area contributed by atoms with Gasteiger partial charge in [-0.15, -0.1) is 0 Å². The van der Waals surface area contributed by atoms with Gasteiger partial charge in [0.25, 0.3) is 0 Å². The van der Waals surface area contributed by atoms with Crippen LogP contribution in [-0.4, -0.2) is 21.9 Å². The van der Waals surface area contributed by atoms with Crippen LogP contribution in [0.15, 0.2) is 47.7 Å². The Bertz CT molecular complexity index is 803. The second kappa shape index (κ2) is 7.70.